The molecule has 0 unspecified atom stereocenters. The molecule has 2 aromatic carbocycles. The van der Waals surface area contributed by atoms with Crippen molar-refractivity contribution >= 4 is 63.2 Å². The molecule has 4 aromatic rings. The smallest absolute Gasteiger partial charge is 0.408 e. The molecular weight excluding hydrogens is 915 g/mol. The molecular formula is C55H75N9O8. The highest BCUT2D eigenvalue weighted by atomic mass is 16.6. The molecule has 2 aromatic heterocycles. The van der Waals surface area contributed by atoms with Crippen molar-refractivity contribution in [1.29, 1.82) is 0 Å². The Kier molecular flexibility index (Phi) is 17.3. The van der Waals surface area contributed by atoms with Gasteiger partial charge >= 0.3 is 12.2 Å². The number of nitrogens with one attached hydrogen (secondary N) is 4. The van der Waals surface area contributed by atoms with E-state index in [1.54, 1.807) is 63.7 Å². The van der Waals surface area contributed by atoms with E-state index in [9.17, 15) is 28.8 Å². The van der Waals surface area contributed by atoms with Crippen LogP contribution in [-0.4, -0.2) is 104 Å². The van der Waals surface area contributed by atoms with Crippen LogP contribution in [0, 0.1) is 18.8 Å². The third-order valence-electron chi connectivity index (χ3n) is 14.2. The van der Waals surface area contributed by atoms with Crippen LogP contribution in [-0.2, 0) is 41.7 Å². The SMILES string of the molecule is CC(C)(C)OC(=O)N[C@@H](C(=O)N1CC[C@H]1C(=O)NCc1ccc2c(N)nccc2c1)C1CCCCC1.Cc1nccc2cc(CNC(=O)[C@@H]3CCN3C(=O)[C@H](NC(=O)OC(C)(C)C)C3CCCCC3)ccc12. The fraction of sp³-hybridized carbons (Fsp3) is 0.564. The van der Waals surface area contributed by atoms with Crippen molar-refractivity contribution in [2.75, 3.05) is 18.8 Å². The summed E-state index contributed by atoms with van der Waals surface area (Å²) in [6.45, 7) is 14.5. The maximum Gasteiger partial charge on any atom is 0.408 e. The number of anilines is 1. The van der Waals surface area contributed by atoms with Crippen LogP contribution >= 0.6 is 0 Å². The fourth-order valence-electron chi connectivity index (χ4n) is 10.2. The number of hydrogen-bond acceptors (Lipinski definition) is 11. The zero-order valence-electron chi connectivity index (χ0n) is 43.2. The Morgan fingerprint density at radius 3 is 1.43 bits per heavy atom. The minimum Gasteiger partial charge on any atom is -0.444 e. The number of carbonyl (C=O) groups excluding carboxylic acids is 6. The molecule has 4 fully saturated rings. The Labute approximate surface area is 423 Å². The lowest BCUT2D eigenvalue weighted by Crippen LogP contribution is -2.63. The quantitative estimate of drug-likeness (QED) is 0.0922. The summed E-state index contributed by atoms with van der Waals surface area (Å²) in [7, 11) is 0. The maximum absolute atomic E-state index is 13.6. The second kappa shape index (κ2) is 23.4. The summed E-state index contributed by atoms with van der Waals surface area (Å²) in [4.78, 5) is 89.8. The van der Waals surface area contributed by atoms with Crippen molar-refractivity contribution < 1.29 is 38.2 Å². The molecule has 17 nitrogen and oxygen atoms in total. The molecule has 8 rings (SSSR count). The molecule has 0 spiro atoms. The van der Waals surface area contributed by atoms with Crippen molar-refractivity contribution in [2.24, 2.45) is 11.8 Å². The van der Waals surface area contributed by atoms with Gasteiger partial charge in [-0.2, -0.15) is 0 Å². The molecule has 2 saturated heterocycles. The van der Waals surface area contributed by atoms with E-state index in [1.807, 2.05) is 49.4 Å². The first kappa shape index (κ1) is 53.3. The van der Waals surface area contributed by atoms with Crippen molar-refractivity contribution in [1.82, 2.24) is 41.0 Å². The molecule has 72 heavy (non-hydrogen) atoms. The van der Waals surface area contributed by atoms with Gasteiger partial charge in [-0.05, 0) is 145 Å². The average molecular weight is 990 g/mol. The number of nitrogens with two attached hydrogens (primary N) is 1. The molecule has 4 heterocycles. The summed E-state index contributed by atoms with van der Waals surface area (Å²) in [6, 6.07) is 13.3. The lowest BCUT2D eigenvalue weighted by molar-refractivity contribution is -0.150. The Bertz CT molecular complexity index is 2420. The van der Waals surface area contributed by atoms with Crippen LogP contribution in [0.4, 0.5) is 15.4 Å². The minimum absolute atomic E-state index is 0.0441. The maximum atomic E-state index is 13.6. The summed E-state index contributed by atoms with van der Waals surface area (Å²) >= 11 is 0. The van der Waals surface area contributed by atoms with Crippen molar-refractivity contribution in [2.45, 2.75) is 174 Å². The van der Waals surface area contributed by atoms with Gasteiger partial charge in [0.25, 0.3) is 0 Å². The van der Waals surface area contributed by atoms with Crippen LogP contribution in [0.15, 0.2) is 60.9 Å². The highest BCUT2D eigenvalue weighted by Crippen LogP contribution is 2.32. The van der Waals surface area contributed by atoms with E-state index >= 15 is 0 Å². The molecule has 6 amide bonds. The zero-order valence-corrected chi connectivity index (χ0v) is 43.2. The molecule has 388 valence electrons. The number of rotatable bonds is 12. The van der Waals surface area contributed by atoms with E-state index in [1.165, 1.54) is 0 Å². The monoisotopic (exact) mass is 990 g/mol. The van der Waals surface area contributed by atoms with Crippen LogP contribution in [0.3, 0.4) is 0 Å². The Hall–Kier alpha value is -6.52. The largest absolute Gasteiger partial charge is 0.444 e. The minimum atomic E-state index is -0.685. The van der Waals surface area contributed by atoms with Gasteiger partial charge in [0.2, 0.25) is 23.6 Å². The van der Waals surface area contributed by atoms with Gasteiger partial charge in [0.05, 0.1) is 0 Å². The van der Waals surface area contributed by atoms with Crippen LogP contribution in [0.1, 0.15) is 135 Å². The number of ether oxygens (including phenoxy) is 2. The van der Waals surface area contributed by atoms with Gasteiger partial charge in [-0.25, -0.2) is 14.6 Å². The third kappa shape index (κ3) is 13.9. The summed E-state index contributed by atoms with van der Waals surface area (Å²) in [5.41, 5.74) is 7.51. The lowest BCUT2D eigenvalue weighted by Gasteiger charge is -2.43. The molecule has 2 aliphatic heterocycles. The van der Waals surface area contributed by atoms with Gasteiger partial charge < -0.3 is 46.3 Å². The summed E-state index contributed by atoms with van der Waals surface area (Å²) < 4.78 is 10.9. The molecule has 4 atom stereocenters. The van der Waals surface area contributed by atoms with E-state index in [4.69, 9.17) is 15.2 Å². The van der Waals surface area contributed by atoms with E-state index in [-0.39, 0.29) is 35.5 Å². The van der Waals surface area contributed by atoms with Crippen molar-refractivity contribution in [3.63, 3.8) is 0 Å². The standard InChI is InChI=1S/C28H38N4O4.C27H37N5O4/c1-18-22-11-10-19(16-21(22)12-14-29-18)17-30-25(33)23-13-15-32(23)26(34)24(20-8-6-5-7-9-20)31-27(35)36-28(2,3)4;1-27(2,3)36-26(35)31-22(18-7-5-4-6-8-18)25(34)32-14-12-21(32)24(33)30-16-17-9-10-20-19(15-17)11-13-29-23(20)28/h10-12,14,16,20,23-24H,5-9,13,15,17H2,1-4H3,(H,30,33)(H,31,35);9-11,13,15,18,21-22H,4-8,12,14,16H2,1-3H3,(H2,28,29)(H,30,33)(H,31,35)/t23-,24+;21-,22+/m00/s1. The number of aryl methyl sites for hydroxylation is 1. The normalized spacial score (nSPS) is 19.3. The van der Waals surface area contributed by atoms with E-state index in [0.717, 1.165) is 103 Å². The number of alkyl carbamates (subject to hydrolysis) is 2. The Morgan fingerprint density at radius 2 is 1.01 bits per heavy atom. The van der Waals surface area contributed by atoms with Gasteiger partial charge in [-0.15, -0.1) is 0 Å². The van der Waals surface area contributed by atoms with Gasteiger partial charge in [0.1, 0.15) is 41.2 Å². The topological polar surface area (TPSA) is 227 Å². The second-order valence-electron chi connectivity index (χ2n) is 21.9. The number of aromatic nitrogens is 2. The summed E-state index contributed by atoms with van der Waals surface area (Å²) in [6.07, 6.45) is 13.4. The van der Waals surface area contributed by atoms with Crippen LogP contribution < -0.4 is 27.0 Å². The molecule has 2 aliphatic carbocycles. The number of benzene rings is 2. The van der Waals surface area contributed by atoms with Crippen LogP contribution in [0.2, 0.25) is 0 Å². The Balaban J connectivity index is 0.000000211. The number of amides is 6. The fourth-order valence-corrected chi connectivity index (χ4v) is 10.2. The number of pyridine rings is 2. The Morgan fingerprint density at radius 1 is 0.597 bits per heavy atom. The molecule has 4 aliphatic rings. The first-order valence-corrected chi connectivity index (χ1v) is 25.9. The predicted molar refractivity (Wildman–Crippen MR) is 276 cm³/mol. The summed E-state index contributed by atoms with van der Waals surface area (Å²) in [5.74, 6) is -0.176. The van der Waals surface area contributed by atoms with Gasteiger partial charge in [0.15, 0.2) is 0 Å². The summed E-state index contributed by atoms with van der Waals surface area (Å²) in [5, 5.41) is 15.6. The number of likely N-dealkylation sites (tertiary alicyclic amines) is 2. The van der Waals surface area contributed by atoms with E-state index < -0.39 is 47.6 Å². The number of fused-ring (bicyclic) bond motifs is 2. The molecule has 6 N–H and O–H groups in total. The number of nitrogens with zero attached hydrogens (tertiary/aromatic N) is 4. The van der Waals surface area contributed by atoms with Crippen molar-refractivity contribution in [3.05, 3.63) is 77.7 Å². The van der Waals surface area contributed by atoms with E-state index in [0.29, 0.717) is 44.8 Å². The van der Waals surface area contributed by atoms with Gasteiger partial charge in [-0.3, -0.25) is 24.2 Å². The first-order valence-electron chi connectivity index (χ1n) is 25.9. The second-order valence-corrected chi connectivity index (χ2v) is 21.9. The van der Waals surface area contributed by atoms with Crippen molar-refractivity contribution in [3.8, 4) is 0 Å². The van der Waals surface area contributed by atoms with Crippen LogP contribution in [0.5, 0.6) is 0 Å². The first-order chi connectivity index (χ1) is 34.2. The third-order valence-corrected chi connectivity index (χ3v) is 14.2. The molecule has 0 bridgehead atoms. The average Bonchev–Trinajstić information content (AvgIpc) is 3.30. The van der Waals surface area contributed by atoms with Gasteiger partial charge in [0, 0.05) is 55.0 Å². The zero-order chi connectivity index (χ0) is 51.7. The lowest BCUT2D eigenvalue weighted by atomic mass is 9.82. The highest BCUT2D eigenvalue weighted by Gasteiger charge is 2.45. The number of carbonyl (C=O) groups is 6. The van der Waals surface area contributed by atoms with Crippen LogP contribution in [0.25, 0.3) is 21.5 Å². The predicted octanol–water partition coefficient (Wildman–Crippen LogP) is 7.74. The molecule has 0 radical (unpaired) electrons. The van der Waals surface area contributed by atoms with Gasteiger partial charge in [-0.1, -0.05) is 62.8 Å². The highest BCUT2D eigenvalue weighted by molar-refractivity contribution is 5.95. The number of hydrogen-bond donors (Lipinski definition) is 5. The molecule has 17 heteroatoms. The molecule has 2 saturated carbocycles. The number of nitrogen functional groups attached to an aromatic ring is 1. The van der Waals surface area contributed by atoms with E-state index in [2.05, 4.69) is 37.3 Å².